The van der Waals surface area contributed by atoms with E-state index in [2.05, 4.69) is 16.3 Å². The average Bonchev–Trinajstić information content (AvgIpc) is 3.98. The van der Waals surface area contributed by atoms with E-state index in [1.54, 1.807) is 6.07 Å². The summed E-state index contributed by atoms with van der Waals surface area (Å²) in [5, 5.41) is 22.8. The molecule has 1 unspecified atom stereocenters. The molecule has 0 radical (unpaired) electrons. The van der Waals surface area contributed by atoms with Crippen LogP contribution in [-0.2, 0) is 22.7 Å². The number of hydrogen-bond acceptors (Lipinski definition) is 11. The molecule has 0 aliphatic carbocycles. The molecular formula is C44H43F2N5O6. The van der Waals surface area contributed by atoms with Gasteiger partial charge in [0.25, 0.3) is 0 Å². The first-order valence-corrected chi connectivity index (χ1v) is 19.4. The molecule has 2 aliphatic heterocycles. The number of rotatable bonds is 12. The Morgan fingerprint density at radius 1 is 0.965 bits per heavy atom. The predicted octanol–water partition coefficient (Wildman–Crippen LogP) is 8.59. The molecule has 0 amide bonds. The van der Waals surface area contributed by atoms with Crippen LogP contribution in [0.25, 0.3) is 56.2 Å². The van der Waals surface area contributed by atoms with Crippen LogP contribution in [0.15, 0.2) is 69.5 Å². The summed E-state index contributed by atoms with van der Waals surface area (Å²) in [5.74, 6) is 0.0923. The van der Waals surface area contributed by atoms with Crippen molar-refractivity contribution >= 4 is 28.2 Å². The van der Waals surface area contributed by atoms with Gasteiger partial charge in [-0.25, -0.2) is 9.97 Å². The number of piperidine rings is 1. The highest BCUT2D eigenvalue weighted by molar-refractivity contribution is 5.86. The first kappa shape index (κ1) is 38.2. The number of carbonyl (C=O) groups excluding carboxylic acids is 1. The smallest absolute Gasteiger partial charge is 0.387 e. The number of halogens is 2. The lowest BCUT2D eigenvalue weighted by atomic mass is 9.91. The summed E-state index contributed by atoms with van der Waals surface area (Å²) in [6, 6.07) is 20.7. The highest BCUT2D eigenvalue weighted by Crippen LogP contribution is 2.39. The number of ether oxygens (including phenoxy) is 2. The maximum Gasteiger partial charge on any atom is 0.387 e. The zero-order valence-electron chi connectivity index (χ0n) is 31.8. The summed E-state index contributed by atoms with van der Waals surface area (Å²) in [7, 11) is 0. The Bertz CT molecular complexity index is 2480. The zero-order valence-corrected chi connectivity index (χ0v) is 31.8. The second-order valence-electron chi connectivity index (χ2n) is 14.8. The van der Waals surface area contributed by atoms with Gasteiger partial charge in [-0.05, 0) is 117 Å². The Labute approximate surface area is 328 Å². The van der Waals surface area contributed by atoms with Crippen molar-refractivity contribution in [1.82, 2.24) is 20.2 Å². The Hall–Kier alpha value is -5.68. The number of benzene rings is 4. The van der Waals surface area contributed by atoms with Gasteiger partial charge in [-0.3, -0.25) is 9.69 Å². The molecule has 0 spiro atoms. The lowest BCUT2D eigenvalue weighted by molar-refractivity contribution is -0.147. The lowest BCUT2D eigenvalue weighted by Gasteiger charge is -2.35. The third-order valence-corrected chi connectivity index (χ3v) is 11.2. The molecule has 4 aromatic carbocycles. The van der Waals surface area contributed by atoms with Crippen LogP contribution in [0, 0.1) is 25.2 Å². The summed E-state index contributed by atoms with van der Waals surface area (Å²) in [6.45, 7) is 3.10. The number of aliphatic hydroxyl groups is 1. The molecule has 2 N–H and O–H groups in total. The molecule has 2 aliphatic rings. The monoisotopic (exact) mass is 775 g/mol. The minimum atomic E-state index is -3.09. The maximum absolute atomic E-state index is 13.4. The van der Waals surface area contributed by atoms with Gasteiger partial charge < -0.3 is 28.7 Å². The minimum Gasteiger partial charge on any atom is -0.460 e. The van der Waals surface area contributed by atoms with E-state index in [0.717, 1.165) is 78.6 Å². The molecular weight excluding hydrogens is 733 g/mol. The number of oxazole rings is 2. The van der Waals surface area contributed by atoms with E-state index >= 15 is 0 Å². The third-order valence-electron chi connectivity index (χ3n) is 11.2. The fourth-order valence-corrected chi connectivity index (χ4v) is 8.24. The zero-order chi connectivity index (χ0) is 39.6. The van der Waals surface area contributed by atoms with E-state index in [1.165, 1.54) is 6.07 Å². The van der Waals surface area contributed by atoms with Crippen LogP contribution in [0.3, 0.4) is 0 Å². The number of aromatic nitrogens is 2. The van der Waals surface area contributed by atoms with Crippen LogP contribution in [0.1, 0.15) is 66.3 Å². The number of nitrogens with one attached hydrogen (secondary N) is 1. The van der Waals surface area contributed by atoms with Crippen LogP contribution in [0.2, 0.25) is 0 Å². The average molecular weight is 776 g/mol. The standard InChI is InChI=1S/C44H43F2N5O6/c1-25-31(9-5-11-33(25)41-49-36-20-29(24-54-43(53)35-13-7-15-48-35)38(56-44(45)46)21-39(36)55-41)32-10-6-12-34(26(32)2)42-50-37-19-27(18-28(22-47)40(37)57-42)23-51-16-4-3-8-30(51)14-17-52/h5-6,9-12,18-21,30,35,44,48,52H,3-4,7-8,13-17,23-24H2,1-2H3/t30?,35-/m0/s1. The first-order chi connectivity index (χ1) is 27.7. The highest BCUT2D eigenvalue weighted by Gasteiger charge is 2.26. The molecule has 2 saturated heterocycles. The molecule has 2 aromatic heterocycles. The van der Waals surface area contributed by atoms with Gasteiger partial charge >= 0.3 is 12.6 Å². The Balaban J connectivity index is 1.09. The molecule has 2 fully saturated rings. The topological polar surface area (TPSA) is 147 Å². The van der Waals surface area contributed by atoms with Gasteiger partial charge in [0, 0.05) is 42.0 Å². The van der Waals surface area contributed by atoms with E-state index in [9.17, 15) is 23.9 Å². The molecule has 11 nitrogen and oxygen atoms in total. The minimum absolute atomic E-state index is 0.151. The van der Waals surface area contributed by atoms with Crippen LogP contribution in [0.4, 0.5) is 8.78 Å². The largest absolute Gasteiger partial charge is 0.460 e. The van der Waals surface area contributed by atoms with Gasteiger partial charge in [0.15, 0.2) is 11.2 Å². The number of likely N-dealkylation sites (tertiary alicyclic amines) is 1. The summed E-state index contributed by atoms with van der Waals surface area (Å²) < 4.78 is 49.6. The van der Waals surface area contributed by atoms with Crippen LogP contribution < -0.4 is 10.1 Å². The molecule has 6 aromatic rings. The Morgan fingerprint density at radius 3 is 2.37 bits per heavy atom. The van der Waals surface area contributed by atoms with Gasteiger partial charge in [0.2, 0.25) is 11.8 Å². The van der Waals surface area contributed by atoms with Gasteiger partial charge in [-0.1, -0.05) is 30.7 Å². The summed E-state index contributed by atoms with van der Waals surface area (Å²) >= 11 is 0. The van der Waals surface area contributed by atoms with Gasteiger partial charge in [-0.2, -0.15) is 14.0 Å². The van der Waals surface area contributed by atoms with E-state index < -0.39 is 18.6 Å². The van der Waals surface area contributed by atoms with Crippen molar-refractivity contribution < 1.29 is 37.0 Å². The Morgan fingerprint density at radius 2 is 1.68 bits per heavy atom. The van der Waals surface area contributed by atoms with Crippen molar-refractivity contribution in [3.8, 4) is 45.9 Å². The highest BCUT2D eigenvalue weighted by atomic mass is 19.3. The van der Waals surface area contributed by atoms with Crippen LogP contribution in [0.5, 0.6) is 5.75 Å². The fraction of sp³-hybridized carbons (Fsp3) is 0.364. The van der Waals surface area contributed by atoms with E-state index in [0.29, 0.717) is 52.6 Å². The van der Waals surface area contributed by atoms with Crippen molar-refractivity contribution in [3.63, 3.8) is 0 Å². The second-order valence-corrected chi connectivity index (χ2v) is 14.8. The number of esters is 1. The third kappa shape index (κ3) is 7.85. The van der Waals surface area contributed by atoms with E-state index in [-0.39, 0.29) is 36.0 Å². The number of nitriles is 1. The number of fused-ring (bicyclic) bond motifs is 2. The van der Waals surface area contributed by atoms with Crippen molar-refractivity contribution in [1.29, 1.82) is 5.26 Å². The van der Waals surface area contributed by atoms with Gasteiger partial charge in [-0.15, -0.1) is 0 Å². The van der Waals surface area contributed by atoms with Crippen molar-refractivity contribution in [2.45, 2.75) is 84.2 Å². The van der Waals surface area contributed by atoms with E-state index in [4.69, 9.17) is 28.3 Å². The predicted molar refractivity (Wildman–Crippen MR) is 209 cm³/mol. The van der Waals surface area contributed by atoms with Gasteiger partial charge in [0.05, 0.1) is 5.56 Å². The van der Waals surface area contributed by atoms with Crippen LogP contribution in [-0.4, -0.2) is 64.3 Å². The molecule has 294 valence electrons. The fourth-order valence-electron chi connectivity index (χ4n) is 8.24. The molecule has 8 rings (SSSR count). The lowest BCUT2D eigenvalue weighted by Crippen LogP contribution is -2.39. The second kappa shape index (κ2) is 16.4. The van der Waals surface area contributed by atoms with Crippen molar-refractivity contribution in [3.05, 3.63) is 88.5 Å². The van der Waals surface area contributed by atoms with Crippen molar-refractivity contribution in [2.24, 2.45) is 0 Å². The number of carbonyl (C=O) groups is 1. The quantitative estimate of drug-likeness (QED) is 0.115. The first-order valence-electron chi connectivity index (χ1n) is 19.4. The molecule has 2 atom stereocenters. The summed E-state index contributed by atoms with van der Waals surface area (Å²) in [6.07, 6.45) is 5.55. The number of alkyl halides is 2. The molecule has 0 saturated carbocycles. The Kier molecular flexibility index (Phi) is 11.0. The SMILES string of the molecule is Cc1c(-c2nc3cc(COC(=O)[C@@H]4CCCN4)c(OC(F)F)cc3o2)cccc1-c1cccc(-c2nc3cc(CN4CCCCC4CCO)cc(C#N)c3o2)c1C. The number of nitrogens with zero attached hydrogens (tertiary/aromatic N) is 4. The number of aliphatic hydroxyl groups excluding tert-OH is 1. The normalized spacial score (nSPS) is 17.4. The molecule has 57 heavy (non-hydrogen) atoms. The molecule has 13 heteroatoms. The number of hydrogen-bond donors (Lipinski definition) is 2. The molecule has 4 heterocycles. The van der Waals surface area contributed by atoms with Crippen LogP contribution >= 0.6 is 0 Å². The summed E-state index contributed by atoms with van der Waals surface area (Å²) in [5.41, 5.74) is 8.47. The summed E-state index contributed by atoms with van der Waals surface area (Å²) in [4.78, 5) is 24.6. The molecule has 0 bridgehead atoms. The van der Waals surface area contributed by atoms with Crippen molar-refractivity contribution in [2.75, 3.05) is 19.7 Å². The van der Waals surface area contributed by atoms with Gasteiger partial charge in [0.1, 0.15) is 35.5 Å². The van der Waals surface area contributed by atoms with E-state index in [1.807, 2.05) is 62.4 Å². The maximum atomic E-state index is 13.4.